The number of aryl methyl sites for hydroxylation is 1. The molecular formula is C25H23CrNO. The normalized spacial score (nSPS) is 10.1. The van der Waals surface area contributed by atoms with E-state index in [1.165, 1.54) is 16.7 Å². The molecule has 0 spiro atoms. The number of para-hydroxylation sites is 1. The van der Waals surface area contributed by atoms with E-state index in [2.05, 4.69) is 106 Å². The molecule has 3 heteroatoms. The number of hydrogen-bond acceptors (Lipinski definition) is 2. The van der Waals surface area contributed by atoms with E-state index in [4.69, 9.17) is 4.74 Å². The van der Waals surface area contributed by atoms with Crippen molar-refractivity contribution in [2.24, 2.45) is 0 Å². The average molecular weight is 405 g/mol. The first-order chi connectivity index (χ1) is 13.7. The molecule has 2 nitrogen and oxygen atoms in total. The van der Waals surface area contributed by atoms with E-state index in [1.54, 1.807) is 7.11 Å². The number of ether oxygens (including phenoxy) is 1. The third kappa shape index (κ3) is 5.69. The number of benzene rings is 3. The molecule has 3 aromatic rings. The maximum atomic E-state index is 5.15. The zero-order valence-corrected chi connectivity index (χ0v) is 17.5. The number of methoxy groups -OCH3 is 1. The number of hydrogen-bond donors (Lipinski definition) is 0. The van der Waals surface area contributed by atoms with Crippen molar-refractivity contribution in [3.8, 4) is 11.8 Å². The van der Waals surface area contributed by atoms with Crippen LogP contribution in [0.4, 0.5) is 5.69 Å². The van der Waals surface area contributed by atoms with Gasteiger partial charge in [0.2, 0.25) is 0 Å². The van der Waals surface area contributed by atoms with E-state index in [1.807, 2.05) is 12.1 Å². The molecule has 0 radical (unpaired) electrons. The Labute approximate surface area is 175 Å². The van der Waals surface area contributed by atoms with Crippen molar-refractivity contribution in [3.05, 3.63) is 101 Å². The molecule has 0 fully saturated rings. The summed E-state index contributed by atoms with van der Waals surface area (Å²) in [6, 6.07) is 27.5. The Bertz CT molecular complexity index is 984. The molecule has 0 saturated heterocycles. The first-order valence-electron chi connectivity index (χ1n) is 9.19. The fourth-order valence-electron chi connectivity index (χ4n) is 2.97. The van der Waals surface area contributed by atoms with Crippen LogP contribution < -0.4 is 4.90 Å². The molecule has 0 aromatic heterocycles. The molecule has 0 bridgehead atoms. The van der Waals surface area contributed by atoms with Crippen LogP contribution in [0.1, 0.15) is 22.3 Å². The van der Waals surface area contributed by atoms with Gasteiger partial charge in [-0.25, -0.2) is 0 Å². The summed E-state index contributed by atoms with van der Waals surface area (Å²) in [7, 11) is 1.62. The van der Waals surface area contributed by atoms with E-state index in [-0.39, 0.29) is 0 Å². The van der Waals surface area contributed by atoms with Gasteiger partial charge < -0.3 is 0 Å². The fourth-order valence-corrected chi connectivity index (χ4v) is 3.05. The Morgan fingerprint density at radius 1 is 0.857 bits per heavy atom. The van der Waals surface area contributed by atoms with Crippen LogP contribution in [0.15, 0.2) is 78.9 Å². The van der Waals surface area contributed by atoms with Crippen LogP contribution in [0.3, 0.4) is 0 Å². The van der Waals surface area contributed by atoms with Gasteiger partial charge in [0.25, 0.3) is 0 Å². The number of rotatable bonds is 6. The molecule has 3 rings (SSSR count). The second-order valence-corrected chi connectivity index (χ2v) is 7.16. The van der Waals surface area contributed by atoms with Crippen LogP contribution in [-0.4, -0.2) is 11.7 Å². The minimum absolute atomic E-state index is 0.586. The van der Waals surface area contributed by atoms with Gasteiger partial charge in [0.05, 0.1) is 0 Å². The Morgan fingerprint density at radius 3 is 2.14 bits per heavy atom. The summed E-state index contributed by atoms with van der Waals surface area (Å²) in [5.74, 6) is 6.28. The van der Waals surface area contributed by atoms with E-state index in [0.29, 0.717) is 4.57 Å². The Kier molecular flexibility index (Phi) is 7.24. The van der Waals surface area contributed by atoms with E-state index < -0.39 is 0 Å². The van der Waals surface area contributed by atoms with Crippen molar-refractivity contribution in [1.29, 1.82) is 0 Å². The molecule has 0 aliphatic heterocycles. The quantitative estimate of drug-likeness (QED) is 0.542. The molecule has 0 atom stereocenters. The average Bonchev–Trinajstić information content (AvgIpc) is 2.74. The summed E-state index contributed by atoms with van der Waals surface area (Å²) in [6.07, 6.45) is 0. The topological polar surface area (TPSA) is 12.5 Å². The maximum absolute atomic E-state index is 5.15. The van der Waals surface area contributed by atoms with Gasteiger partial charge >= 0.3 is 176 Å². The molecule has 0 N–H and O–H groups in total. The first kappa shape index (κ1) is 20.1. The summed E-state index contributed by atoms with van der Waals surface area (Å²) in [5.41, 5.74) is 5.91. The molecule has 3 aromatic carbocycles. The van der Waals surface area contributed by atoms with Crippen LogP contribution in [0.25, 0.3) is 0 Å². The Balaban J connectivity index is 1.97. The third-order valence-electron chi connectivity index (χ3n) is 4.44. The second kappa shape index (κ2) is 10.1. The van der Waals surface area contributed by atoms with Gasteiger partial charge in [-0.2, -0.15) is 0 Å². The zero-order valence-electron chi connectivity index (χ0n) is 16.2. The monoisotopic (exact) mass is 405 g/mol. The SMILES string of the molecule is CO[C](=[Cr])C#Cc1ccccc1N(Cc1ccccc1)Cc1ccc(C)cc1. The molecule has 0 heterocycles. The summed E-state index contributed by atoms with van der Waals surface area (Å²) < 4.78 is 5.73. The van der Waals surface area contributed by atoms with Crippen molar-refractivity contribution in [1.82, 2.24) is 0 Å². The standard InChI is InChI=1S/C25H23NO.Cr/c1-21-14-16-23(17-15-21)20-26(19-22-9-4-3-5-10-22)25-13-7-6-11-24(25)12-8-18-27-2;/h3-7,9-11,13-17H,19-20H2,1-2H3;. The Morgan fingerprint density at radius 2 is 1.46 bits per heavy atom. The van der Waals surface area contributed by atoms with E-state index in [9.17, 15) is 0 Å². The predicted molar refractivity (Wildman–Crippen MR) is 113 cm³/mol. The molecule has 0 aliphatic rings. The first-order valence-corrected chi connectivity index (χ1v) is 9.83. The fraction of sp³-hybridized carbons (Fsp3) is 0.160. The molecule has 0 unspecified atom stereocenters. The van der Waals surface area contributed by atoms with Crippen molar-refractivity contribution in [2.45, 2.75) is 20.0 Å². The Hall–Kier alpha value is -2.62. The van der Waals surface area contributed by atoms with Gasteiger partial charge in [-0.15, -0.1) is 0 Å². The molecule has 0 aliphatic carbocycles. The molecule has 140 valence electrons. The van der Waals surface area contributed by atoms with Crippen LogP contribution in [0.5, 0.6) is 0 Å². The molecular weight excluding hydrogens is 382 g/mol. The van der Waals surface area contributed by atoms with Crippen molar-refractivity contribution in [3.63, 3.8) is 0 Å². The molecule has 28 heavy (non-hydrogen) atoms. The van der Waals surface area contributed by atoms with Crippen LogP contribution >= 0.6 is 0 Å². The third-order valence-corrected chi connectivity index (χ3v) is 4.86. The predicted octanol–water partition coefficient (Wildman–Crippen LogP) is 4.88. The van der Waals surface area contributed by atoms with Gasteiger partial charge in [0.15, 0.2) is 0 Å². The minimum atomic E-state index is 0.586. The van der Waals surface area contributed by atoms with Gasteiger partial charge in [-0.3, -0.25) is 0 Å². The van der Waals surface area contributed by atoms with Gasteiger partial charge in [0.1, 0.15) is 0 Å². The van der Waals surface area contributed by atoms with Gasteiger partial charge in [0, 0.05) is 0 Å². The van der Waals surface area contributed by atoms with Crippen molar-refractivity contribution < 1.29 is 20.6 Å². The number of nitrogens with zero attached hydrogens (tertiary/aromatic N) is 1. The summed E-state index contributed by atoms with van der Waals surface area (Å²) >= 11 is 2.84. The van der Waals surface area contributed by atoms with Crippen LogP contribution in [0.2, 0.25) is 0 Å². The van der Waals surface area contributed by atoms with Gasteiger partial charge in [-0.1, -0.05) is 0 Å². The zero-order chi connectivity index (χ0) is 19.8. The van der Waals surface area contributed by atoms with Crippen molar-refractivity contribution >= 4 is 10.3 Å². The number of anilines is 1. The summed E-state index contributed by atoms with van der Waals surface area (Å²) in [4.78, 5) is 2.37. The molecule has 0 saturated carbocycles. The van der Waals surface area contributed by atoms with Crippen LogP contribution in [-0.2, 0) is 33.7 Å². The van der Waals surface area contributed by atoms with E-state index >= 15 is 0 Å². The summed E-state index contributed by atoms with van der Waals surface area (Å²) in [5, 5.41) is 0. The van der Waals surface area contributed by atoms with E-state index in [0.717, 1.165) is 24.3 Å². The van der Waals surface area contributed by atoms with Crippen molar-refractivity contribution in [2.75, 3.05) is 12.0 Å². The summed E-state index contributed by atoms with van der Waals surface area (Å²) in [6.45, 7) is 3.74. The molecule has 0 amide bonds. The van der Waals surface area contributed by atoms with Gasteiger partial charge in [-0.05, 0) is 0 Å². The van der Waals surface area contributed by atoms with Crippen LogP contribution in [0, 0.1) is 18.8 Å². The second-order valence-electron chi connectivity index (χ2n) is 6.59.